The highest BCUT2D eigenvalue weighted by Gasteiger charge is 2.19. The van der Waals surface area contributed by atoms with Crippen LogP contribution >= 0.6 is 34.5 Å². The van der Waals surface area contributed by atoms with E-state index in [9.17, 15) is 4.39 Å². The Hall–Kier alpha value is -0.610. The molecule has 0 aliphatic carbocycles. The van der Waals surface area contributed by atoms with E-state index in [4.69, 9.17) is 23.2 Å². The molecule has 5 heteroatoms. The number of nitrogens with one attached hydrogen (secondary N) is 1. The summed E-state index contributed by atoms with van der Waals surface area (Å²) in [5, 5.41) is 3.20. The van der Waals surface area contributed by atoms with E-state index in [1.54, 1.807) is 25.2 Å². The summed E-state index contributed by atoms with van der Waals surface area (Å²) in [4.78, 5) is 0.957. The van der Waals surface area contributed by atoms with Crippen LogP contribution in [-0.2, 0) is 0 Å². The Morgan fingerprint density at radius 1 is 1.24 bits per heavy atom. The van der Waals surface area contributed by atoms with Crippen LogP contribution in [0.5, 0.6) is 0 Å². The van der Waals surface area contributed by atoms with Gasteiger partial charge < -0.3 is 5.32 Å². The summed E-state index contributed by atoms with van der Waals surface area (Å²) < 4.78 is 14.6. The second-order valence-corrected chi connectivity index (χ2v) is 5.66. The van der Waals surface area contributed by atoms with Gasteiger partial charge in [0.1, 0.15) is 5.82 Å². The Labute approximate surface area is 113 Å². The van der Waals surface area contributed by atoms with Gasteiger partial charge in [0.15, 0.2) is 0 Å². The van der Waals surface area contributed by atoms with Crippen molar-refractivity contribution in [2.24, 2.45) is 0 Å². The predicted molar refractivity (Wildman–Crippen MR) is 71.6 cm³/mol. The van der Waals surface area contributed by atoms with E-state index in [-0.39, 0.29) is 11.1 Å². The number of hydrogen-bond acceptors (Lipinski definition) is 2. The molecule has 1 aromatic heterocycles. The first-order valence-corrected chi connectivity index (χ1v) is 6.57. The molecule has 0 fully saturated rings. The van der Waals surface area contributed by atoms with Crippen molar-refractivity contribution in [1.82, 2.24) is 5.32 Å². The van der Waals surface area contributed by atoms with Crippen LogP contribution in [0.3, 0.4) is 0 Å². The maximum absolute atomic E-state index is 13.9. The lowest BCUT2D eigenvalue weighted by atomic mass is 10.1. The highest BCUT2D eigenvalue weighted by Crippen LogP contribution is 2.33. The summed E-state index contributed by atoms with van der Waals surface area (Å²) in [5.74, 6) is -0.391. The number of rotatable bonds is 3. The SMILES string of the molecule is CNC(c1ccc(Cl)s1)c1cccc(Cl)c1F. The average molecular weight is 290 g/mol. The van der Waals surface area contributed by atoms with Gasteiger partial charge in [0.05, 0.1) is 15.4 Å². The third kappa shape index (κ3) is 2.63. The van der Waals surface area contributed by atoms with Gasteiger partial charge in [-0.3, -0.25) is 0 Å². The van der Waals surface area contributed by atoms with Crippen LogP contribution in [0.1, 0.15) is 16.5 Å². The number of benzene rings is 1. The van der Waals surface area contributed by atoms with Gasteiger partial charge in [-0.15, -0.1) is 11.3 Å². The third-order valence-electron chi connectivity index (χ3n) is 2.46. The average Bonchev–Trinajstić information content (AvgIpc) is 2.72. The van der Waals surface area contributed by atoms with Crippen LogP contribution < -0.4 is 5.32 Å². The van der Waals surface area contributed by atoms with Crippen LogP contribution in [0.25, 0.3) is 0 Å². The molecule has 1 atom stereocenters. The maximum atomic E-state index is 13.9. The van der Waals surface area contributed by atoms with Crippen molar-refractivity contribution in [3.05, 3.63) is 55.9 Å². The molecule has 1 unspecified atom stereocenters. The van der Waals surface area contributed by atoms with E-state index < -0.39 is 5.82 Å². The van der Waals surface area contributed by atoms with E-state index in [2.05, 4.69) is 5.32 Å². The summed E-state index contributed by atoms with van der Waals surface area (Å²) in [5.41, 5.74) is 0.526. The van der Waals surface area contributed by atoms with Crippen molar-refractivity contribution in [1.29, 1.82) is 0 Å². The number of halogens is 3. The lowest BCUT2D eigenvalue weighted by molar-refractivity contribution is 0.580. The van der Waals surface area contributed by atoms with Crippen LogP contribution in [-0.4, -0.2) is 7.05 Å². The zero-order chi connectivity index (χ0) is 12.4. The molecular formula is C12H10Cl2FNS. The first-order valence-electron chi connectivity index (χ1n) is 5.00. The van der Waals surface area contributed by atoms with Gasteiger partial charge in [-0.25, -0.2) is 4.39 Å². The second kappa shape index (κ2) is 5.36. The highest BCUT2D eigenvalue weighted by atomic mass is 35.5. The molecule has 0 radical (unpaired) electrons. The molecule has 0 amide bonds. The molecule has 0 saturated heterocycles. The van der Waals surface area contributed by atoms with Crippen molar-refractivity contribution in [3.63, 3.8) is 0 Å². The molecule has 1 aromatic carbocycles. The van der Waals surface area contributed by atoms with Gasteiger partial charge in [-0.2, -0.15) is 0 Å². The van der Waals surface area contributed by atoms with Crippen LogP contribution in [0.15, 0.2) is 30.3 Å². The molecule has 2 rings (SSSR count). The molecule has 90 valence electrons. The zero-order valence-corrected chi connectivity index (χ0v) is 11.3. The van der Waals surface area contributed by atoms with Crippen molar-refractivity contribution in [2.45, 2.75) is 6.04 Å². The van der Waals surface area contributed by atoms with E-state index in [1.807, 2.05) is 6.07 Å². The first-order chi connectivity index (χ1) is 8.13. The van der Waals surface area contributed by atoms with Crippen molar-refractivity contribution in [3.8, 4) is 0 Å². The highest BCUT2D eigenvalue weighted by molar-refractivity contribution is 7.16. The number of thiophene rings is 1. The monoisotopic (exact) mass is 289 g/mol. The summed E-state index contributed by atoms with van der Waals surface area (Å²) in [6.07, 6.45) is 0. The molecule has 0 bridgehead atoms. The van der Waals surface area contributed by atoms with E-state index in [1.165, 1.54) is 17.4 Å². The van der Waals surface area contributed by atoms with Crippen molar-refractivity contribution < 1.29 is 4.39 Å². The second-order valence-electron chi connectivity index (χ2n) is 3.51. The maximum Gasteiger partial charge on any atom is 0.146 e. The lowest BCUT2D eigenvalue weighted by Crippen LogP contribution is -2.17. The molecule has 1 nitrogen and oxygen atoms in total. The Morgan fingerprint density at radius 2 is 2.00 bits per heavy atom. The minimum atomic E-state index is -0.391. The fourth-order valence-electron chi connectivity index (χ4n) is 1.68. The Balaban J connectivity index is 2.45. The fourth-order valence-corrected chi connectivity index (χ4v) is 3.05. The lowest BCUT2D eigenvalue weighted by Gasteiger charge is -2.16. The summed E-state index contributed by atoms with van der Waals surface area (Å²) in [6, 6.07) is 8.44. The summed E-state index contributed by atoms with van der Waals surface area (Å²) in [7, 11) is 1.78. The summed E-state index contributed by atoms with van der Waals surface area (Å²) in [6.45, 7) is 0. The largest absolute Gasteiger partial charge is 0.309 e. The first kappa shape index (κ1) is 12.8. The van der Waals surface area contributed by atoms with Gasteiger partial charge in [-0.05, 0) is 25.2 Å². The van der Waals surface area contributed by atoms with Crippen LogP contribution in [0.2, 0.25) is 9.36 Å². The van der Waals surface area contributed by atoms with E-state index in [0.717, 1.165) is 4.88 Å². The molecule has 0 spiro atoms. The number of hydrogen-bond donors (Lipinski definition) is 1. The Morgan fingerprint density at radius 3 is 2.59 bits per heavy atom. The molecule has 0 aliphatic heterocycles. The smallest absolute Gasteiger partial charge is 0.146 e. The fraction of sp³-hybridized carbons (Fsp3) is 0.167. The van der Waals surface area contributed by atoms with Gasteiger partial charge >= 0.3 is 0 Å². The van der Waals surface area contributed by atoms with Gasteiger partial charge in [-0.1, -0.05) is 35.3 Å². The van der Waals surface area contributed by atoms with Gasteiger partial charge in [0, 0.05) is 10.4 Å². The molecule has 0 saturated carbocycles. The molecule has 1 N–H and O–H groups in total. The van der Waals surface area contributed by atoms with E-state index >= 15 is 0 Å². The quantitative estimate of drug-likeness (QED) is 0.877. The minimum Gasteiger partial charge on any atom is -0.309 e. The molecule has 17 heavy (non-hydrogen) atoms. The van der Waals surface area contributed by atoms with Crippen molar-refractivity contribution >= 4 is 34.5 Å². The zero-order valence-electron chi connectivity index (χ0n) is 9.01. The predicted octanol–water partition coefficient (Wildman–Crippen LogP) is 4.50. The van der Waals surface area contributed by atoms with Crippen LogP contribution in [0.4, 0.5) is 4.39 Å². The third-order valence-corrected chi connectivity index (χ3v) is 4.05. The topological polar surface area (TPSA) is 12.0 Å². The van der Waals surface area contributed by atoms with Crippen LogP contribution in [0, 0.1) is 5.82 Å². The Kier molecular flexibility index (Phi) is 4.05. The molecule has 0 aliphatic rings. The molecular weight excluding hydrogens is 280 g/mol. The standard InChI is InChI=1S/C12H10Cl2FNS/c1-16-12(9-5-6-10(14)17-9)7-3-2-4-8(13)11(7)15/h2-6,12,16H,1H3. The molecule has 1 heterocycles. The van der Waals surface area contributed by atoms with Gasteiger partial charge in [0.2, 0.25) is 0 Å². The van der Waals surface area contributed by atoms with Crippen molar-refractivity contribution in [2.75, 3.05) is 7.05 Å². The minimum absolute atomic E-state index is 0.130. The Bertz CT molecular complexity index is 527. The van der Waals surface area contributed by atoms with E-state index in [0.29, 0.717) is 9.90 Å². The van der Waals surface area contributed by atoms with Gasteiger partial charge in [0.25, 0.3) is 0 Å². The normalized spacial score (nSPS) is 12.7. The summed E-state index contributed by atoms with van der Waals surface area (Å²) >= 11 is 13.1. The molecule has 2 aromatic rings.